The summed E-state index contributed by atoms with van der Waals surface area (Å²) in [4.78, 5) is 10.0. The fourth-order valence-electron chi connectivity index (χ4n) is 1.31. The second-order valence-corrected chi connectivity index (χ2v) is 3.40. The molecule has 0 saturated heterocycles. The van der Waals surface area contributed by atoms with E-state index in [0.29, 0.717) is 5.75 Å². The fraction of sp³-hybridized carbons (Fsp3) is 0. The fourth-order valence-corrected chi connectivity index (χ4v) is 1.31. The lowest BCUT2D eigenvalue weighted by molar-refractivity contribution is -0.384. The number of benzene rings is 2. The molecule has 6 nitrogen and oxygen atoms in total. The molecule has 0 bridgehead atoms. The lowest BCUT2D eigenvalue weighted by Gasteiger charge is -2.04. The molecule has 0 atom stereocenters. The van der Waals surface area contributed by atoms with Crippen molar-refractivity contribution in [2.45, 2.75) is 0 Å². The summed E-state index contributed by atoms with van der Waals surface area (Å²) in [6.45, 7) is 0. The van der Waals surface area contributed by atoms with Gasteiger partial charge < -0.3 is 15.6 Å². The van der Waals surface area contributed by atoms with E-state index in [-0.39, 0.29) is 16.6 Å². The Hall–Kier alpha value is -2.38. The average molecular weight is 262 g/mol. The Kier molecular flexibility index (Phi) is 6.87. The average Bonchev–Trinajstić information content (AvgIpc) is 2.38. The highest BCUT2D eigenvalue weighted by Gasteiger charge is 2.05. The zero-order chi connectivity index (χ0) is 12.1. The molecule has 0 saturated carbocycles. The van der Waals surface area contributed by atoms with Gasteiger partial charge >= 0.3 is 7.48 Å². The Morgan fingerprint density at radius 1 is 0.947 bits per heavy atom. The maximum atomic E-state index is 10.4. The van der Waals surface area contributed by atoms with Crippen LogP contribution in [0.15, 0.2) is 54.6 Å². The molecule has 0 aliphatic carbocycles. The number of non-ortho nitro benzene ring substituents is 1. The molecule has 0 fully saturated rings. The Labute approximate surface area is 110 Å². The van der Waals surface area contributed by atoms with E-state index >= 15 is 0 Å². The number of nitro benzene ring substituents is 1. The van der Waals surface area contributed by atoms with E-state index in [2.05, 4.69) is 0 Å². The molecule has 1 radical (unpaired) electrons. The first kappa shape index (κ1) is 16.6. The molecule has 0 aromatic heterocycles. The van der Waals surface area contributed by atoms with Crippen molar-refractivity contribution >= 4 is 18.6 Å². The molecule has 2 aromatic carbocycles. The van der Waals surface area contributed by atoms with Gasteiger partial charge in [0.1, 0.15) is 0 Å². The lowest BCUT2D eigenvalue weighted by atomic mass is 9.88. The largest absolute Gasteiger partial charge is 0.558 e. The molecular weight excluding hydrogens is 249 g/mol. The van der Waals surface area contributed by atoms with E-state index in [4.69, 9.17) is 4.65 Å². The summed E-state index contributed by atoms with van der Waals surface area (Å²) in [5.74, 6) is 0.569. The smallest absolute Gasteiger partial charge is 0.408 e. The molecule has 0 amide bonds. The van der Waals surface area contributed by atoms with Crippen molar-refractivity contribution in [2.24, 2.45) is 0 Å². The van der Waals surface area contributed by atoms with Crippen LogP contribution in [-0.2, 0) is 0 Å². The number of rotatable bonds is 4. The van der Waals surface area contributed by atoms with Crippen LogP contribution in [0.25, 0.3) is 0 Å². The van der Waals surface area contributed by atoms with Gasteiger partial charge in [0.25, 0.3) is 5.69 Å². The minimum absolute atomic E-state index is 0. The summed E-state index contributed by atoms with van der Waals surface area (Å²) in [6, 6.07) is 15.5. The molecule has 2 rings (SSSR count). The van der Waals surface area contributed by atoms with Crippen LogP contribution in [0, 0.1) is 10.1 Å². The van der Waals surface area contributed by atoms with E-state index in [0.717, 1.165) is 5.46 Å². The zero-order valence-electron chi connectivity index (χ0n) is 9.95. The van der Waals surface area contributed by atoms with Crippen LogP contribution in [0.1, 0.15) is 0 Å². The highest BCUT2D eigenvalue weighted by atomic mass is 16.6. The summed E-state index contributed by atoms with van der Waals surface area (Å²) in [5.41, 5.74) is 0.989. The van der Waals surface area contributed by atoms with E-state index in [1.165, 1.54) is 12.1 Å². The van der Waals surface area contributed by atoms with Gasteiger partial charge in [-0.25, -0.2) is 0 Å². The Bertz CT molecular complexity index is 503. The summed E-state index contributed by atoms with van der Waals surface area (Å²) in [7, 11) is 1.60. The molecule has 0 spiro atoms. The summed E-state index contributed by atoms with van der Waals surface area (Å²) in [5, 5.41) is 10.4. The molecule has 0 heterocycles. The van der Waals surface area contributed by atoms with Gasteiger partial charge in [-0.15, -0.1) is 0 Å². The van der Waals surface area contributed by atoms with E-state index < -0.39 is 4.92 Å². The third-order valence-electron chi connectivity index (χ3n) is 2.18. The van der Waals surface area contributed by atoms with E-state index in [9.17, 15) is 10.1 Å². The standard InChI is InChI=1S/C12H9BNO3.2H2O/c15-14(16)11-6-8-12(9-7-11)17-13-10-4-2-1-3-5-10;;/h1-9H;2*1H2. The van der Waals surface area contributed by atoms with Gasteiger partial charge in [0.15, 0.2) is 0 Å². The van der Waals surface area contributed by atoms with Crippen molar-refractivity contribution < 1.29 is 20.5 Å². The molecule has 99 valence electrons. The van der Waals surface area contributed by atoms with Gasteiger partial charge in [-0.3, -0.25) is 10.1 Å². The Morgan fingerprint density at radius 2 is 1.53 bits per heavy atom. The number of nitrogens with zero attached hydrogens (tertiary/aromatic N) is 1. The van der Waals surface area contributed by atoms with Crippen molar-refractivity contribution in [2.75, 3.05) is 0 Å². The first-order chi connectivity index (χ1) is 8.25. The Morgan fingerprint density at radius 3 is 2.05 bits per heavy atom. The van der Waals surface area contributed by atoms with Crippen LogP contribution in [0.2, 0.25) is 0 Å². The van der Waals surface area contributed by atoms with Crippen molar-refractivity contribution in [3.05, 3.63) is 64.7 Å². The predicted octanol–water partition coefficient (Wildman–Crippen LogP) is 0.269. The van der Waals surface area contributed by atoms with Crippen molar-refractivity contribution in [3.63, 3.8) is 0 Å². The summed E-state index contributed by atoms with van der Waals surface area (Å²) < 4.78 is 5.38. The van der Waals surface area contributed by atoms with Crippen LogP contribution in [-0.4, -0.2) is 23.4 Å². The maximum Gasteiger partial charge on any atom is 0.408 e. The minimum atomic E-state index is -0.440. The molecule has 7 heteroatoms. The summed E-state index contributed by atoms with van der Waals surface area (Å²) >= 11 is 0. The predicted molar refractivity (Wildman–Crippen MR) is 72.8 cm³/mol. The second kappa shape index (κ2) is 7.86. The third kappa shape index (κ3) is 4.78. The SMILES string of the molecule is O.O.O=[N+]([O-])c1ccc(O[B]c2ccccc2)cc1. The van der Waals surface area contributed by atoms with Gasteiger partial charge in [0.2, 0.25) is 0 Å². The lowest BCUT2D eigenvalue weighted by Crippen LogP contribution is -2.19. The number of nitro groups is 1. The first-order valence-corrected chi connectivity index (χ1v) is 5.05. The highest BCUT2D eigenvalue weighted by molar-refractivity contribution is 6.47. The third-order valence-corrected chi connectivity index (χ3v) is 2.18. The molecule has 19 heavy (non-hydrogen) atoms. The Balaban J connectivity index is 0.00000162. The highest BCUT2D eigenvalue weighted by Crippen LogP contribution is 2.16. The van der Waals surface area contributed by atoms with Crippen LogP contribution < -0.4 is 10.1 Å². The molecule has 0 aliphatic rings. The normalized spacial score (nSPS) is 8.63. The molecule has 4 N–H and O–H groups in total. The molecular formula is C12H13BNO5. The summed E-state index contributed by atoms with van der Waals surface area (Å²) in [6.07, 6.45) is 0. The van der Waals surface area contributed by atoms with E-state index in [1.54, 1.807) is 19.6 Å². The van der Waals surface area contributed by atoms with Crippen molar-refractivity contribution in [1.82, 2.24) is 0 Å². The van der Waals surface area contributed by atoms with Crippen LogP contribution in [0.3, 0.4) is 0 Å². The van der Waals surface area contributed by atoms with Gasteiger partial charge in [0.05, 0.1) is 10.7 Å². The van der Waals surface area contributed by atoms with E-state index in [1.807, 2.05) is 30.3 Å². The van der Waals surface area contributed by atoms with Crippen molar-refractivity contribution in [1.29, 1.82) is 0 Å². The topological polar surface area (TPSA) is 115 Å². The van der Waals surface area contributed by atoms with Gasteiger partial charge in [0, 0.05) is 12.1 Å². The van der Waals surface area contributed by atoms with Crippen LogP contribution in [0.5, 0.6) is 5.75 Å². The van der Waals surface area contributed by atoms with Gasteiger partial charge in [-0.05, 0) is 17.6 Å². The molecule has 2 aromatic rings. The minimum Gasteiger partial charge on any atom is -0.558 e. The first-order valence-electron chi connectivity index (χ1n) is 5.05. The van der Waals surface area contributed by atoms with Crippen LogP contribution in [0.4, 0.5) is 5.69 Å². The number of hydrogen-bond donors (Lipinski definition) is 0. The van der Waals surface area contributed by atoms with Gasteiger partial charge in [-0.1, -0.05) is 30.3 Å². The quantitative estimate of drug-likeness (QED) is 0.447. The van der Waals surface area contributed by atoms with Gasteiger partial charge in [-0.2, -0.15) is 0 Å². The van der Waals surface area contributed by atoms with Crippen LogP contribution >= 0.6 is 0 Å². The second-order valence-electron chi connectivity index (χ2n) is 3.40. The zero-order valence-corrected chi connectivity index (χ0v) is 9.95. The van der Waals surface area contributed by atoms with Crippen molar-refractivity contribution in [3.8, 4) is 5.75 Å². The monoisotopic (exact) mass is 262 g/mol. The number of hydrogen-bond acceptors (Lipinski definition) is 3. The molecule has 0 aliphatic heterocycles. The molecule has 0 unspecified atom stereocenters. The maximum absolute atomic E-state index is 10.4.